The highest BCUT2D eigenvalue weighted by Gasteiger charge is 2.15. The monoisotopic (exact) mass is 280 g/mol. The molecule has 0 amide bonds. The van der Waals surface area contributed by atoms with Gasteiger partial charge in [-0.1, -0.05) is 35.9 Å². The van der Waals surface area contributed by atoms with Crippen molar-refractivity contribution < 1.29 is 9.53 Å². The van der Waals surface area contributed by atoms with Gasteiger partial charge >= 0.3 is 5.97 Å². The quantitative estimate of drug-likeness (QED) is 0.467. The fraction of sp³-hybridized carbons (Fsp3) is 0.214. The summed E-state index contributed by atoms with van der Waals surface area (Å²) in [6.07, 6.45) is 7.37. The van der Waals surface area contributed by atoms with Crippen LogP contribution in [0.3, 0.4) is 0 Å². The number of carbonyl (C=O) groups excluding carboxylic acids is 1. The molecular weight excluding hydrogens is 268 g/mol. The molecule has 0 unspecified atom stereocenters. The third-order valence-corrected chi connectivity index (χ3v) is 3.66. The van der Waals surface area contributed by atoms with Gasteiger partial charge in [-0.25, -0.2) is 0 Å². The van der Waals surface area contributed by atoms with E-state index in [0.29, 0.717) is 6.61 Å². The number of thioether (sulfide) groups is 1. The third-order valence-electron chi connectivity index (χ3n) is 2.43. The Bertz CT molecular complexity index is 453. The molecule has 2 nitrogen and oxygen atoms in total. The lowest BCUT2D eigenvalue weighted by Crippen LogP contribution is -2.14. The van der Waals surface area contributed by atoms with Crippen molar-refractivity contribution in [2.45, 2.75) is 4.90 Å². The molecule has 0 N–H and O–H groups in total. The minimum absolute atomic E-state index is 0.184. The molecule has 1 aromatic carbocycles. The van der Waals surface area contributed by atoms with E-state index in [9.17, 15) is 4.79 Å². The molecule has 4 heteroatoms. The van der Waals surface area contributed by atoms with Gasteiger partial charge in [0.15, 0.2) is 0 Å². The van der Waals surface area contributed by atoms with Crippen LogP contribution < -0.4 is 0 Å². The summed E-state index contributed by atoms with van der Waals surface area (Å²) in [6, 6.07) is 7.61. The van der Waals surface area contributed by atoms with Crippen molar-refractivity contribution in [3.05, 3.63) is 53.6 Å². The molecule has 0 bridgehead atoms. The number of rotatable bonds is 5. The van der Waals surface area contributed by atoms with Crippen LogP contribution in [0.15, 0.2) is 53.5 Å². The van der Waals surface area contributed by atoms with Crippen molar-refractivity contribution in [2.75, 3.05) is 12.4 Å². The number of benzene rings is 1. The largest absolute Gasteiger partial charge is 0.464 e. The highest BCUT2D eigenvalue weighted by Crippen LogP contribution is 2.20. The lowest BCUT2D eigenvalue weighted by Gasteiger charge is -2.07. The van der Waals surface area contributed by atoms with Crippen molar-refractivity contribution >= 4 is 29.3 Å². The molecular formula is C14H13ClO2S. The Labute approximate surface area is 116 Å². The standard InChI is InChI=1S/C14H13ClO2S/c15-12-5-7-13(8-6-12)18-10-9-17-14(16)11-3-1-2-4-11/h1-8,11H,9-10H2. The van der Waals surface area contributed by atoms with Crippen LogP contribution in [0.4, 0.5) is 0 Å². The van der Waals surface area contributed by atoms with Gasteiger partial charge in [-0.05, 0) is 24.3 Å². The molecule has 0 saturated heterocycles. The molecule has 1 aliphatic carbocycles. The van der Waals surface area contributed by atoms with E-state index in [4.69, 9.17) is 16.3 Å². The Hall–Kier alpha value is -1.19. The van der Waals surface area contributed by atoms with Crippen molar-refractivity contribution in [3.63, 3.8) is 0 Å². The second-order valence-corrected chi connectivity index (χ2v) is 5.37. The van der Waals surface area contributed by atoms with E-state index in [0.717, 1.165) is 15.7 Å². The van der Waals surface area contributed by atoms with Crippen LogP contribution in [-0.2, 0) is 9.53 Å². The van der Waals surface area contributed by atoms with Crippen LogP contribution in [0.25, 0.3) is 0 Å². The van der Waals surface area contributed by atoms with E-state index in [1.54, 1.807) is 11.8 Å². The maximum Gasteiger partial charge on any atom is 0.316 e. The first-order valence-electron chi connectivity index (χ1n) is 5.66. The van der Waals surface area contributed by atoms with E-state index in [1.165, 1.54) is 0 Å². The fourth-order valence-electron chi connectivity index (χ4n) is 1.52. The van der Waals surface area contributed by atoms with Crippen LogP contribution in [0.2, 0.25) is 5.02 Å². The van der Waals surface area contributed by atoms with Crippen molar-refractivity contribution in [1.29, 1.82) is 0 Å². The number of esters is 1. The molecule has 0 atom stereocenters. The lowest BCUT2D eigenvalue weighted by atomic mass is 10.2. The smallest absolute Gasteiger partial charge is 0.316 e. The number of ether oxygens (including phenoxy) is 1. The Morgan fingerprint density at radius 3 is 2.56 bits per heavy atom. The summed E-state index contributed by atoms with van der Waals surface area (Å²) >= 11 is 7.44. The van der Waals surface area contributed by atoms with E-state index in [-0.39, 0.29) is 11.9 Å². The molecule has 0 fully saturated rings. The first-order valence-corrected chi connectivity index (χ1v) is 7.02. The lowest BCUT2D eigenvalue weighted by molar-refractivity contribution is -0.144. The zero-order valence-corrected chi connectivity index (χ0v) is 11.3. The van der Waals surface area contributed by atoms with Crippen LogP contribution in [-0.4, -0.2) is 18.3 Å². The minimum Gasteiger partial charge on any atom is -0.464 e. The van der Waals surface area contributed by atoms with Crippen LogP contribution in [0, 0.1) is 5.92 Å². The molecule has 94 valence electrons. The second kappa shape index (κ2) is 6.66. The van der Waals surface area contributed by atoms with E-state index >= 15 is 0 Å². The molecule has 1 aliphatic rings. The van der Waals surface area contributed by atoms with Crippen LogP contribution in [0.5, 0.6) is 0 Å². The van der Waals surface area contributed by atoms with Gasteiger partial charge in [0.1, 0.15) is 6.61 Å². The van der Waals surface area contributed by atoms with Gasteiger partial charge in [0.05, 0.1) is 5.92 Å². The summed E-state index contributed by atoms with van der Waals surface area (Å²) in [5.41, 5.74) is 0. The molecule has 0 radical (unpaired) electrons. The average molecular weight is 281 g/mol. The molecule has 2 rings (SSSR count). The van der Waals surface area contributed by atoms with Crippen LogP contribution in [0.1, 0.15) is 0 Å². The number of hydrogen-bond donors (Lipinski definition) is 0. The summed E-state index contributed by atoms with van der Waals surface area (Å²) in [5, 5.41) is 0.727. The van der Waals surface area contributed by atoms with E-state index < -0.39 is 0 Å². The van der Waals surface area contributed by atoms with Gasteiger partial charge < -0.3 is 4.74 Å². The number of hydrogen-bond acceptors (Lipinski definition) is 3. The zero-order valence-electron chi connectivity index (χ0n) is 9.71. The molecule has 0 aliphatic heterocycles. The third kappa shape index (κ3) is 3.93. The fourth-order valence-corrected chi connectivity index (χ4v) is 2.37. The molecule has 0 spiro atoms. The van der Waals surface area contributed by atoms with Gasteiger partial charge in [0, 0.05) is 15.7 Å². The molecule has 0 heterocycles. The van der Waals surface area contributed by atoms with Crippen molar-refractivity contribution in [3.8, 4) is 0 Å². The summed E-state index contributed by atoms with van der Waals surface area (Å²) < 4.78 is 5.18. The van der Waals surface area contributed by atoms with Gasteiger partial charge in [-0.15, -0.1) is 11.8 Å². The molecule has 0 aromatic heterocycles. The highest BCUT2D eigenvalue weighted by atomic mass is 35.5. The maximum absolute atomic E-state index is 11.5. The zero-order chi connectivity index (χ0) is 12.8. The van der Waals surface area contributed by atoms with E-state index in [1.807, 2.05) is 48.6 Å². The minimum atomic E-state index is -0.203. The first-order chi connectivity index (χ1) is 8.75. The summed E-state index contributed by atoms with van der Waals surface area (Å²) in [7, 11) is 0. The molecule has 0 saturated carbocycles. The summed E-state index contributed by atoms with van der Waals surface area (Å²) in [6.45, 7) is 0.421. The Balaban J connectivity index is 1.66. The highest BCUT2D eigenvalue weighted by molar-refractivity contribution is 7.99. The number of halogens is 1. The van der Waals surface area contributed by atoms with Crippen molar-refractivity contribution in [1.82, 2.24) is 0 Å². The topological polar surface area (TPSA) is 26.3 Å². The molecule has 18 heavy (non-hydrogen) atoms. The van der Waals surface area contributed by atoms with E-state index in [2.05, 4.69) is 0 Å². The Kier molecular flexibility index (Phi) is 4.90. The average Bonchev–Trinajstić information content (AvgIpc) is 2.90. The first kappa shape index (κ1) is 13.2. The predicted molar refractivity (Wildman–Crippen MR) is 74.9 cm³/mol. The van der Waals surface area contributed by atoms with Crippen molar-refractivity contribution in [2.24, 2.45) is 5.92 Å². The van der Waals surface area contributed by atoms with Gasteiger partial charge in [0.25, 0.3) is 0 Å². The second-order valence-electron chi connectivity index (χ2n) is 3.77. The number of carbonyl (C=O) groups is 1. The van der Waals surface area contributed by atoms with Crippen LogP contribution >= 0.6 is 23.4 Å². The predicted octanol–water partition coefficient (Wildman–Crippen LogP) is 3.72. The van der Waals surface area contributed by atoms with Gasteiger partial charge in [0.2, 0.25) is 0 Å². The van der Waals surface area contributed by atoms with Gasteiger partial charge in [-0.2, -0.15) is 0 Å². The summed E-state index contributed by atoms with van der Waals surface area (Å²) in [4.78, 5) is 12.7. The normalized spacial score (nSPS) is 14.1. The SMILES string of the molecule is O=C(OCCSc1ccc(Cl)cc1)C1C=CC=C1. The Morgan fingerprint density at radius 1 is 1.22 bits per heavy atom. The summed E-state index contributed by atoms with van der Waals surface area (Å²) in [5.74, 6) is 0.357. The Morgan fingerprint density at radius 2 is 1.89 bits per heavy atom. The van der Waals surface area contributed by atoms with Gasteiger partial charge in [-0.3, -0.25) is 4.79 Å². The number of allylic oxidation sites excluding steroid dienone is 2. The maximum atomic E-state index is 11.5. The molecule has 1 aromatic rings.